The molecule has 0 atom stereocenters. The molecule has 6 N–H and O–H groups in total. The number of nitrogens with one attached hydrogen (secondary N) is 4. The topological polar surface area (TPSA) is 338 Å². The van der Waals surface area contributed by atoms with Crippen molar-refractivity contribution in [1.29, 1.82) is 0 Å². The van der Waals surface area contributed by atoms with Gasteiger partial charge in [0.25, 0.3) is 0 Å². The molecule has 3 aromatic carbocycles. The maximum Gasteiger partial charge on any atom is 0.586 e. The van der Waals surface area contributed by atoms with E-state index in [9.17, 15) is 45.5 Å². The molecule has 104 heavy (non-hydrogen) atoms. The van der Waals surface area contributed by atoms with Crippen LogP contribution in [0.3, 0.4) is 0 Å². The molecule has 6 aromatic heterocycles. The molecule has 9 aromatic rings. The highest BCUT2D eigenvalue weighted by atomic mass is 127. The van der Waals surface area contributed by atoms with Crippen molar-refractivity contribution in [1.82, 2.24) is 44.9 Å². The molecular formula is C68H63BClF6IN12O14Si. The standard InChI is InChI=1S/C22H18F2N4O4.C21H16F2N4O4.C17H13ClF2N2O3.C5H7BN2O3.C3H9ISi/c1-12-3-6-17(27-18(12)13-10-25-20(30-2)26-11-13)28-19(29)21(7-8-21)14-4-5-15-16(9-14)32-22(23,24)31-15;1-11-2-5-16(26-17(11)12-9-24-19(29)25-10-12)27-18(28)20(6-7-20)13-3-4-14-15(8-13)31-21(22,23)30-14;1-9-2-5-13(21-14(9)18)22-15(23)16(6-7-16)10-3-4-11-12(8-10)25-17(19,20)24-11;1-11-5-7-2-4(3-8-5)6(9)10;1-5(2,3)4/h3-6,9-11H,7-8H2,1-2H3,(H,27,28,29);2-5,8-10H,6-7H2,1H3,(H,24,25,29)(H,26,27,28);2-5,8H,6-7H2,1H3,(H,21,22,23);2-3,9-10H,1H3;1-3H3. The molecule has 0 saturated heterocycles. The van der Waals surface area contributed by atoms with E-state index in [1.807, 2.05) is 26.8 Å². The summed E-state index contributed by atoms with van der Waals surface area (Å²) in [6.45, 7) is 12.5. The molecule has 3 amide bonds. The van der Waals surface area contributed by atoms with Crippen molar-refractivity contribution in [2.45, 2.75) is 114 Å². The summed E-state index contributed by atoms with van der Waals surface area (Å²) in [5.74, 6) is -0.188. The Kier molecular flexibility index (Phi) is 21.2. The maximum atomic E-state index is 13.3. The van der Waals surface area contributed by atoms with Gasteiger partial charge in [-0.2, -0.15) is 0 Å². The van der Waals surface area contributed by atoms with Gasteiger partial charge in [0.2, 0.25) is 17.7 Å². The van der Waals surface area contributed by atoms with Crippen molar-refractivity contribution in [2.24, 2.45) is 0 Å². The molecule has 9 heterocycles. The summed E-state index contributed by atoms with van der Waals surface area (Å²) in [6.07, 6.45) is 1.10. The van der Waals surface area contributed by atoms with Gasteiger partial charge in [0.15, 0.2) is 34.5 Å². The zero-order valence-electron chi connectivity index (χ0n) is 56.3. The summed E-state index contributed by atoms with van der Waals surface area (Å²) in [4.78, 5) is 85.0. The lowest BCUT2D eigenvalue weighted by molar-refractivity contribution is -0.287. The second kappa shape index (κ2) is 29.5. The highest BCUT2D eigenvalue weighted by Gasteiger charge is 2.56. The highest BCUT2D eigenvalue weighted by Crippen LogP contribution is 2.55. The van der Waals surface area contributed by atoms with Gasteiger partial charge in [0.1, 0.15) is 28.2 Å². The van der Waals surface area contributed by atoms with Crippen LogP contribution in [0.25, 0.3) is 22.5 Å². The number of hydrogen-bond donors (Lipinski definition) is 6. The number of aromatic nitrogens is 9. The van der Waals surface area contributed by atoms with E-state index in [1.165, 1.54) is 75.4 Å². The van der Waals surface area contributed by atoms with Crippen LogP contribution in [0.15, 0.2) is 133 Å². The van der Waals surface area contributed by atoms with E-state index in [0.717, 1.165) is 16.7 Å². The summed E-state index contributed by atoms with van der Waals surface area (Å²) in [5.41, 5.74) is 3.43. The van der Waals surface area contributed by atoms with Crippen molar-refractivity contribution in [2.75, 3.05) is 30.2 Å². The van der Waals surface area contributed by atoms with Crippen molar-refractivity contribution >= 4 is 86.7 Å². The van der Waals surface area contributed by atoms with E-state index in [1.54, 1.807) is 60.9 Å². The third-order valence-electron chi connectivity index (χ3n) is 16.5. The number of pyridine rings is 3. The molecule has 6 aliphatic rings. The average Bonchev–Trinajstić information content (AvgIpc) is 1.57. The minimum Gasteiger partial charge on any atom is -0.467 e. The fourth-order valence-corrected chi connectivity index (χ4v) is 10.9. The molecule has 3 fully saturated rings. The van der Waals surface area contributed by atoms with Crippen LogP contribution in [0, 0.1) is 20.8 Å². The van der Waals surface area contributed by atoms with Crippen LogP contribution in [0.5, 0.6) is 46.5 Å². The molecule has 15 rings (SSSR count). The molecule has 3 saturated carbocycles. The van der Waals surface area contributed by atoms with Gasteiger partial charge in [-0.15, -0.1) is 48.1 Å². The van der Waals surface area contributed by atoms with Crippen LogP contribution in [0.1, 0.15) is 71.9 Å². The summed E-state index contributed by atoms with van der Waals surface area (Å²) in [5, 5.41) is 26.0. The molecule has 0 radical (unpaired) electrons. The van der Waals surface area contributed by atoms with Gasteiger partial charge < -0.3 is 68.9 Å². The largest absolute Gasteiger partial charge is 0.586 e. The van der Waals surface area contributed by atoms with Crippen LogP contribution >= 0.6 is 33.4 Å². The number of hydrogen-bond acceptors (Lipinski definition) is 22. The van der Waals surface area contributed by atoms with Crippen molar-refractivity contribution in [3.63, 3.8) is 0 Å². The first-order chi connectivity index (χ1) is 49.1. The Morgan fingerprint density at radius 1 is 0.510 bits per heavy atom. The van der Waals surface area contributed by atoms with E-state index in [0.29, 0.717) is 100 Å². The molecule has 3 aliphatic heterocycles. The number of ether oxygens (including phenoxy) is 8. The van der Waals surface area contributed by atoms with E-state index >= 15 is 0 Å². The lowest BCUT2D eigenvalue weighted by Gasteiger charge is -2.16. The summed E-state index contributed by atoms with van der Waals surface area (Å²) >= 11 is 8.49. The number of carbonyl (C=O) groups is 3. The van der Waals surface area contributed by atoms with Gasteiger partial charge in [-0.05, 0) is 147 Å². The summed E-state index contributed by atoms with van der Waals surface area (Å²) in [6, 6.07) is 24.1. The quantitative estimate of drug-likeness (QED) is 0.0194. The van der Waals surface area contributed by atoms with Crippen LogP contribution in [0.4, 0.5) is 43.8 Å². The number of anilines is 3. The van der Waals surface area contributed by atoms with E-state index in [2.05, 4.69) is 135 Å². The molecule has 36 heteroatoms. The molecule has 0 bridgehead atoms. The van der Waals surface area contributed by atoms with Crippen LogP contribution < -0.4 is 65.0 Å². The Morgan fingerprint density at radius 3 is 1.16 bits per heavy atom. The van der Waals surface area contributed by atoms with Crippen molar-refractivity contribution in [3.8, 4) is 69.0 Å². The Bertz CT molecular complexity index is 4790. The molecular weight excluding hydrogens is 1520 g/mol. The van der Waals surface area contributed by atoms with Gasteiger partial charge >= 0.3 is 43.7 Å². The molecule has 0 unspecified atom stereocenters. The van der Waals surface area contributed by atoms with Gasteiger partial charge in [0.05, 0.1) is 41.9 Å². The molecule has 26 nitrogen and oxygen atoms in total. The monoisotopic (exact) mass is 1590 g/mol. The smallest absolute Gasteiger partial charge is 0.467 e. The predicted molar refractivity (Wildman–Crippen MR) is 376 cm³/mol. The third kappa shape index (κ3) is 17.7. The number of aryl methyl sites for hydroxylation is 3. The number of nitrogens with zero attached hydrogens (tertiary/aromatic N) is 8. The normalized spacial score (nSPS) is 16.4. The fourth-order valence-electron chi connectivity index (χ4n) is 10.7. The Hall–Kier alpha value is -10.2. The Labute approximate surface area is 607 Å². The number of H-pyrrole nitrogens is 1. The van der Waals surface area contributed by atoms with Gasteiger partial charge in [-0.25, -0.2) is 44.7 Å². The number of benzene rings is 3. The lowest BCUT2D eigenvalue weighted by Crippen LogP contribution is -2.30. The average molecular weight is 1590 g/mol. The number of fused-ring (bicyclic) bond motifs is 3. The van der Waals surface area contributed by atoms with Gasteiger partial charge in [-0.3, -0.25) is 14.4 Å². The maximum absolute atomic E-state index is 13.3. The number of methoxy groups -OCH3 is 2. The highest BCUT2D eigenvalue weighted by molar-refractivity contribution is 14.1. The van der Waals surface area contributed by atoms with Crippen molar-refractivity contribution in [3.05, 3.63) is 177 Å². The van der Waals surface area contributed by atoms with E-state index < -0.39 is 53.5 Å². The van der Waals surface area contributed by atoms with Crippen molar-refractivity contribution < 1.29 is 88.7 Å². The first kappa shape index (κ1) is 74.9. The second-order valence-electron chi connectivity index (χ2n) is 25.3. The second-order valence-corrected chi connectivity index (χ2v) is 39.5. The fraction of sp³-hybridized carbons (Fsp3) is 0.294. The number of rotatable bonds is 14. The molecule has 542 valence electrons. The Balaban J connectivity index is 0.000000142. The molecule has 0 spiro atoms. The Morgan fingerprint density at radius 2 is 0.837 bits per heavy atom. The minimum atomic E-state index is -3.71. The summed E-state index contributed by atoms with van der Waals surface area (Å²) < 4.78 is 116. The minimum absolute atomic E-state index is 0.0445. The van der Waals surface area contributed by atoms with Crippen LogP contribution in [0.2, 0.25) is 24.8 Å². The first-order valence-corrected chi connectivity index (χ1v) is 38.6. The third-order valence-corrected chi connectivity index (χ3v) is 16.9. The number of halogens is 8. The number of carbonyl (C=O) groups excluding carboxylic acids is 3. The van der Waals surface area contributed by atoms with Gasteiger partial charge in [0, 0.05) is 53.8 Å². The number of aromatic amines is 1. The summed E-state index contributed by atoms with van der Waals surface area (Å²) in [7, 11) is 1.39. The van der Waals surface area contributed by atoms with E-state index in [-0.39, 0.29) is 69.7 Å². The zero-order chi connectivity index (χ0) is 74.9. The van der Waals surface area contributed by atoms with E-state index in [4.69, 9.17) is 26.4 Å². The zero-order valence-corrected chi connectivity index (χ0v) is 60.3. The van der Waals surface area contributed by atoms with Crippen LogP contribution in [-0.4, -0.2) is 118 Å². The first-order valence-electron chi connectivity index (χ1n) is 31.6. The molecule has 3 aliphatic carbocycles. The van der Waals surface area contributed by atoms with Gasteiger partial charge in [-0.1, -0.05) is 67.6 Å². The number of amides is 3. The number of alkyl halides is 6. The van der Waals surface area contributed by atoms with Crippen LogP contribution in [-0.2, 0) is 30.6 Å². The lowest BCUT2D eigenvalue weighted by atomic mass is 9.83. The SMILES string of the molecule is COc1ncc(-c2nc(NC(=O)C3(c4ccc5c(c4)OC(F)(F)O5)CC3)ccc2C)cn1.COc1ncc(B(O)O)cn1.C[Si](C)(C)I.Cc1ccc(NC(=O)C2(c3ccc4c(c3)OC(F)(F)O4)CC2)nc1-c1cnc(=O)[nH]c1.Cc1ccc(NC(=O)C2(c3ccc4c(c3)OC(F)(F)O4)CC2)nc1Cl. The predicted octanol–water partition coefficient (Wildman–Crippen LogP) is 11.4.